The van der Waals surface area contributed by atoms with Crippen LogP contribution in [-0.4, -0.2) is 5.78 Å². The first-order chi connectivity index (χ1) is 8.77. The van der Waals surface area contributed by atoms with E-state index in [2.05, 4.69) is 26.8 Å². The summed E-state index contributed by atoms with van der Waals surface area (Å²) in [5.74, 6) is -0.236. The van der Waals surface area contributed by atoms with Crippen molar-refractivity contribution in [1.29, 1.82) is 5.26 Å². The first kappa shape index (κ1) is 15.4. The molecule has 1 aromatic rings. The fourth-order valence-corrected chi connectivity index (χ4v) is 2.23. The molecule has 0 N–H and O–H groups in total. The molecule has 0 radical (unpaired) electrons. The summed E-state index contributed by atoms with van der Waals surface area (Å²) in [7, 11) is 0. The fraction of sp³-hybridized carbons (Fsp3) is 0.529. The van der Waals surface area contributed by atoms with E-state index in [9.17, 15) is 10.1 Å². The van der Waals surface area contributed by atoms with E-state index in [1.165, 1.54) is 0 Å². The van der Waals surface area contributed by atoms with Crippen molar-refractivity contribution in [3.05, 3.63) is 35.4 Å². The molecule has 0 amide bonds. The maximum atomic E-state index is 12.6. The van der Waals surface area contributed by atoms with E-state index in [-0.39, 0.29) is 11.2 Å². The maximum Gasteiger partial charge on any atom is 0.180 e. The van der Waals surface area contributed by atoms with Gasteiger partial charge >= 0.3 is 0 Å². The Morgan fingerprint density at radius 3 is 2.32 bits per heavy atom. The zero-order chi connectivity index (χ0) is 14.6. The Morgan fingerprint density at radius 1 is 1.26 bits per heavy atom. The minimum atomic E-state index is -0.538. The lowest BCUT2D eigenvalue weighted by atomic mass is 9.80. The Kier molecular flexibility index (Phi) is 4.89. The molecule has 0 fully saturated rings. The summed E-state index contributed by atoms with van der Waals surface area (Å²) in [5, 5.41) is 9.23. The predicted molar refractivity (Wildman–Crippen MR) is 78.0 cm³/mol. The van der Waals surface area contributed by atoms with Crippen molar-refractivity contribution in [2.45, 2.75) is 46.5 Å². The molecule has 0 saturated carbocycles. The van der Waals surface area contributed by atoms with Crippen molar-refractivity contribution < 1.29 is 4.79 Å². The Balaban J connectivity index is 3.16. The first-order valence-corrected chi connectivity index (χ1v) is 6.80. The Labute approximate surface area is 116 Å². The number of carbonyl (C=O) groups excluding carboxylic acids is 1. The molecule has 2 heteroatoms. The second kappa shape index (κ2) is 6.02. The molecular weight excluding hydrogens is 234 g/mol. The quantitative estimate of drug-likeness (QED) is 0.752. The van der Waals surface area contributed by atoms with Crippen LogP contribution in [0.1, 0.15) is 57.0 Å². The average Bonchev–Trinajstić information content (AvgIpc) is 2.34. The highest BCUT2D eigenvalue weighted by Crippen LogP contribution is 2.28. The number of Topliss-reactive ketones (excluding diaryl/α,β-unsaturated/α-hetero) is 1. The third-order valence-electron chi connectivity index (χ3n) is 3.18. The van der Waals surface area contributed by atoms with Crippen molar-refractivity contribution in [3.8, 4) is 6.07 Å². The predicted octanol–water partition coefficient (Wildman–Crippen LogP) is 4.35. The lowest BCUT2D eigenvalue weighted by Crippen LogP contribution is -2.21. The molecule has 1 unspecified atom stereocenters. The van der Waals surface area contributed by atoms with Gasteiger partial charge in [0.15, 0.2) is 5.78 Å². The highest BCUT2D eigenvalue weighted by Gasteiger charge is 2.26. The smallest absolute Gasteiger partial charge is 0.180 e. The normalized spacial score (nSPS) is 13.1. The summed E-state index contributed by atoms with van der Waals surface area (Å²) >= 11 is 0. The molecule has 2 nitrogen and oxygen atoms in total. The largest absolute Gasteiger partial charge is 0.293 e. The van der Waals surface area contributed by atoms with Crippen molar-refractivity contribution in [2.75, 3.05) is 0 Å². The molecule has 0 aliphatic rings. The number of nitrogens with zero attached hydrogens (tertiary/aromatic N) is 1. The molecule has 1 atom stereocenters. The van der Waals surface area contributed by atoms with Crippen LogP contribution in [0.2, 0.25) is 0 Å². The summed E-state index contributed by atoms with van der Waals surface area (Å²) in [6.45, 7) is 10.3. The minimum absolute atomic E-state index is 0.0401. The lowest BCUT2D eigenvalue weighted by molar-refractivity contribution is 0.0934. The summed E-state index contributed by atoms with van der Waals surface area (Å²) in [6.07, 6.45) is 0.619. The van der Waals surface area contributed by atoms with Gasteiger partial charge in [-0.05, 0) is 23.3 Å². The lowest BCUT2D eigenvalue weighted by Gasteiger charge is -2.23. The molecular formula is C17H23NO. The molecule has 19 heavy (non-hydrogen) atoms. The topological polar surface area (TPSA) is 40.9 Å². The van der Waals surface area contributed by atoms with Crippen LogP contribution in [0, 0.1) is 23.2 Å². The molecule has 1 aromatic carbocycles. The van der Waals surface area contributed by atoms with Crippen molar-refractivity contribution in [2.24, 2.45) is 11.8 Å². The molecule has 0 saturated heterocycles. The second-order valence-corrected chi connectivity index (χ2v) is 6.47. The Morgan fingerprint density at radius 2 is 1.84 bits per heavy atom. The first-order valence-electron chi connectivity index (χ1n) is 6.80. The van der Waals surface area contributed by atoms with Gasteiger partial charge in [0.2, 0.25) is 0 Å². The minimum Gasteiger partial charge on any atom is -0.293 e. The zero-order valence-electron chi connectivity index (χ0n) is 12.5. The van der Waals surface area contributed by atoms with Gasteiger partial charge in [-0.2, -0.15) is 5.26 Å². The van der Waals surface area contributed by atoms with Crippen LogP contribution in [-0.2, 0) is 5.41 Å². The zero-order valence-corrected chi connectivity index (χ0v) is 12.5. The third-order valence-corrected chi connectivity index (χ3v) is 3.18. The number of hydrogen-bond donors (Lipinski definition) is 0. The van der Waals surface area contributed by atoms with Gasteiger partial charge in [-0.1, -0.05) is 58.9 Å². The molecule has 1 rings (SSSR count). The molecule has 0 aliphatic heterocycles. The fourth-order valence-electron chi connectivity index (χ4n) is 2.23. The van der Waals surface area contributed by atoms with Crippen LogP contribution in [0.5, 0.6) is 0 Å². The van der Waals surface area contributed by atoms with Crippen LogP contribution in [0.15, 0.2) is 24.3 Å². The van der Waals surface area contributed by atoms with Crippen molar-refractivity contribution in [1.82, 2.24) is 0 Å². The van der Waals surface area contributed by atoms with Crippen molar-refractivity contribution >= 4 is 5.78 Å². The SMILES string of the molecule is CC(C)CC(C#N)C(=O)c1ccccc1C(C)(C)C. The van der Waals surface area contributed by atoms with Crippen LogP contribution >= 0.6 is 0 Å². The van der Waals surface area contributed by atoms with Crippen molar-refractivity contribution in [3.63, 3.8) is 0 Å². The van der Waals surface area contributed by atoms with Crippen LogP contribution in [0.4, 0.5) is 0 Å². The highest BCUT2D eigenvalue weighted by atomic mass is 16.1. The number of benzene rings is 1. The second-order valence-electron chi connectivity index (χ2n) is 6.47. The number of carbonyl (C=O) groups is 1. The van der Waals surface area contributed by atoms with Gasteiger partial charge in [0.05, 0.1) is 6.07 Å². The third kappa shape index (κ3) is 3.92. The van der Waals surface area contributed by atoms with E-state index < -0.39 is 5.92 Å². The summed E-state index contributed by atoms with van der Waals surface area (Å²) in [6, 6.07) is 9.80. The van der Waals surface area contributed by atoms with Gasteiger partial charge in [0.1, 0.15) is 5.92 Å². The number of nitriles is 1. The van der Waals surface area contributed by atoms with Gasteiger partial charge in [-0.3, -0.25) is 4.79 Å². The van der Waals surface area contributed by atoms with E-state index in [0.29, 0.717) is 17.9 Å². The average molecular weight is 257 g/mol. The Hall–Kier alpha value is -1.62. The van der Waals surface area contributed by atoms with Crippen LogP contribution in [0.25, 0.3) is 0 Å². The molecule has 0 aromatic heterocycles. The summed E-state index contributed by atoms with van der Waals surface area (Å²) < 4.78 is 0. The standard InChI is InChI=1S/C17H23NO/c1-12(2)10-13(11-18)16(19)14-8-6-7-9-15(14)17(3,4)5/h6-9,12-13H,10H2,1-5H3. The Bertz CT molecular complexity index is 489. The van der Waals surface area contributed by atoms with Gasteiger partial charge in [-0.15, -0.1) is 0 Å². The van der Waals surface area contributed by atoms with Crippen LogP contribution < -0.4 is 0 Å². The maximum absolute atomic E-state index is 12.6. The summed E-state index contributed by atoms with van der Waals surface area (Å²) in [4.78, 5) is 12.6. The van der Waals surface area contributed by atoms with Gasteiger partial charge in [0, 0.05) is 5.56 Å². The van der Waals surface area contributed by atoms with E-state index in [4.69, 9.17) is 0 Å². The summed E-state index contributed by atoms with van der Waals surface area (Å²) in [5.41, 5.74) is 1.62. The monoisotopic (exact) mass is 257 g/mol. The van der Waals surface area contributed by atoms with Gasteiger partial charge in [-0.25, -0.2) is 0 Å². The van der Waals surface area contributed by atoms with Gasteiger partial charge < -0.3 is 0 Å². The van der Waals surface area contributed by atoms with Gasteiger partial charge in [0.25, 0.3) is 0 Å². The molecule has 0 aliphatic carbocycles. The number of rotatable bonds is 4. The molecule has 102 valence electrons. The highest BCUT2D eigenvalue weighted by molar-refractivity contribution is 6.00. The number of ketones is 1. The van der Waals surface area contributed by atoms with Crippen LogP contribution in [0.3, 0.4) is 0 Å². The van der Waals surface area contributed by atoms with E-state index >= 15 is 0 Å². The molecule has 0 bridgehead atoms. The van der Waals surface area contributed by atoms with E-state index in [1.54, 1.807) is 0 Å². The van der Waals surface area contributed by atoms with E-state index in [1.807, 2.05) is 38.1 Å². The molecule has 0 heterocycles. The number of hydrogen-bond acceptors (Lipinski definition) is 2. The van der Waals surface area contributed by atoms with E-state index in [0.717, 1.165) is 5.56 Å². The molecule has 0 spiro atoms.